The molecule has 8 saturated carbocycles. The Hall–Kier alpha value is -8.66. The molecule has 11 fully saturated rings. The van der Waals surface area contributed by atoms with Crippen LogP contribution in [0.15, 0.2) is 79.1 Å². The van der Waals surface area contributed by atoms with E-state index < -0.39 is 167 Å². The van der Waals surface area contributed by atoms with Crippen molar-refractivity contribution in [2.75, 3.05) is 45.8 Å². The number of fused-ring (bicyclic) bond motifs is 2. The molecule has 0 radical (unpaired) electrons. The van der Waals surface area contributed by atoms with Gasteiger partial charge in [-0.05, 0) is 283 Å². The van der Waals surface area contributed by atoms with Gasteiger partial charge in [0.15, 0.2) is 6.29 Å². The first-order valence-electron chi connectivity index (χ1n) is 49.3. The number of allylic oxidation sites excluding steroid dienone is 4. The molecule has 724 valence electrons. The molecule has 20 atom stereocenters. The molecule has 12 rings (SSSR count). The summed E-state index contributed by atoms with van der Waals surface area (Å²) in [5.74, 6) is -5.92. The van der Waals surface area contributed by atoms with Crippen LogP contribution in [0.1, 0.15) is 259 Å². The Morgan fingerprint density at radius 3 is 1.47 bits per heavy atom. The zero-order valence-electron chi connectivity index (χ0n) is 78.6. The van der Waals surface area contributed by atoms with E-state index in [1.807, 2.05) is 58.0 Å². The molecule has 0 spiro atoms. The van der Waals surface area contributed by atoms with Crippen LogP contribution < -0.4 is 87.2 Å². The van der Waals surface area contributed by atoms with Crippen LogP contribution in [0.2, 0.25) is 0 Å². The zero-order valence-corrected chi connectivity index (χ0v) is 78.6. The first-order chi connectivity index (χ1) is 62.3. The summed E-state index contributed by atoms with van der Waals surface area (Å²) in [6.07, 6.45) is 18.0. The number of nitrogens with zero attached hydrogens (tertiary/aromatic N) is 2. The average molecular weight is 1810 g/mol. The lowest BCUT2D eigenvalue weighted by molar-refractivity contribution is -0.172. The first-order valence-corrected chi connectivity index (χ1v) is 49.3. The second kappa shape index (κ2) is 48.8. The minimum Gasteiger partial charge on any atom is -0.379 e. The molecule has 3 aliphatic heterocycles. The molecular weight excluding hydrogens is 1650 g/mol. The van der Waals surface area contributed by atoms with E-state index in [0.29, 0.717) is 86.7 Å². The highest BCUT2D eigenvalue weighted by Gasteiger charge is 2.68. The van der Waals surface area contributed by atoms with Crippen molar-refractivity contribution in [3.05, 3.63) is 84.6 Å². The summed E-state index contributed by atoms with van der Waals surface area (Å²) in [4.78, 5) is 189. The number of aliphatic hydroxyl groups is 1. The predicted octanol–water partition coefficient (Wildman–Crippen LogP) is 5.13. The third kappa shape index (κ3) is 26.5. The normalized spacial score (nSPS) is 34.6. The molecule has 8 aliphatic carbocycles. The summed E-state index contributed by atoms with van der Waals surface area (Å²) < 4.78 is 6.36. The number of amides is 12. The second-order valence-electron chi connectivity index (χ2n) is 40.1. The Morgan fingerprint density at radius 2 is 0.985 bits per heavy atom. The first kappa shape index (κ1) is 103. The van der Waals surface area contributed by atoms with E-state index in [2.05, 4.69) is 85.5 Å². The summed E-state index contributed by atoms with van der Waals surface area (Å²) in [5.41, 5.74) is 31.2. The smallest absolute Gasteiger partial charge is 0.249 e. The highest BCUT2D eigenvalue weighted by Crippen LogP contribution is 2.73. The van der Waals surface area contributed by atoms with Crippen molar-refractivity contribution < 1.29 is 67.4 Å². The number of unbranched alkanes of at least 4 members (excludes halogenated alkanes) is 1. The van der Waals surface area contributed by atoms with Gasteiger partial charge < -0.3 is 107 Å². The Kier molecular flexibility index (Phi) is 38.9. The standard InChI is InChI=1S/C98H158N18O14/c1-10-15-30-70-86(120)113-78(58-97-52-63-46-64(53-97)48-65(47-63)54-97)88(122)106-71(31-19-38-99)84(118)112-77(50-62-28-17-16-18-29-62)94(128)116-44-24-36-79(116)89(123)107-72(32-20-39-100)83(117)105-69(13-4)60(8)104-75(35-23-42-103)95(129)130-81(45-59(6)7)91(125)109-73(33-21-40-101)85(119)111-76(49-61(26-11-2)27-12-3)93(127)115-43-25-37-80(115)90(124)108-74(34-22-41-102)87(121)114-82(92(126)110-70)98-55-66-51-67(56-98)96(9,14-5)68(66)57-98/h11-12,16-18,26-29,59,63-82,95,104,129H,2,8,10,13-15,19-25,30-58,99-103H2,1,3-7,9H3,(H,105,117)(H,106,122)(H,107,123)(H,108,124)(H,109,125)(H,110,126)(H,111,119)(H,112,118)(H,113,120)(H,114,121)/b27-12-,61-26+. The molecule has 20 unspecified atom stereocenters. The van der Waals surface area contributed by atoms with Crippen molar-refractivity contribution in [1.29, 1.82) is 0 Å². The summed E-state index contributed by atoms with van der Waals surface area (Å²) >= 11 is 0. The van der Waals surface area contributed by atoms with Crippen molar-refractivity contribution >= 4 is 70.9 Å². The topological polar surface area (TPSA) is 503 Å². The molecule has 3 saturated heterocycles. The quantitative estimate of drug-likeness (QED) is 0.0429. The average Bonchev–Trinajstić information content (AvgIpc) is 1.53. The van der Waals surface area contributed by atoms with Crippen LogP contribution in [-0.2, 0) is 68.7 Å². The fourth-order valence-electron chi connectivity index (χ4n) is 23.9. The van der Waals surface area contributed by atoms with Crippen LogP contribution >= 0.6 is 0 Å². The van der Waals surface area contributed by atoms with Gasteiger partial charge >= 0.3 is 0 Å². The van der Waals surface area contributed by atoms with Gasteiger partial charge in [0.2, 0.25) is 70.9 Å². The Morgan fingerprint density at radius 1 is 0.531 bits per heavy atom. The number of hydrogen-bond donors (Lipinski definition) is 17. The van der Waals surface area contributed by atoms with Crippen molar-refractivity contribution in [2.45, 2.75) is 351 Å². The van der Waals surface area contributed by atoms with Gasteiger partial charge in [0, 0.05) is 37.0 Å². The van der Waals surface area contributed by atoms with Crippen molar-refractivity contribution in [1.82, 2.24) is 68.3 Å². The van der Waals surface area contributed by atoms with E-state index in [0.717, 1.165) is 51.4 Å². The van der Waals surface area contributed by atoms with Gasteiger partial charge in [-0.3, -0.25) is 57.5 Å². The minimum absolute atomic E-state index is 0.00473. The number of ether oxygens (including phenoxy) is 1. The number of nitrogens with one attached hydrogen (secondary N) is 11. The fourth-order valence-corrected chi connectivity index (χ4v) is 23.9. The van der Waals surface area contributed by atoms with Crippen LogP contribution in [0.4, 0.5) is 0 Å². The number of aliphatic hydroxyl groups excluding tert-OH is 1. The lowest BCUT2D eigenvalue weighted by Crippen LogP contribution is -2.64. The molecule has 3 heterocycles. The molecule has 22 N–H and O–H groups in total. The molecule has 0 aromatic heterocycles. The highest BCUT2D eigenvalue weighted by atomic mass is 16.6. The van der Waals surface area contributed by atoms with Gasteiger partial charge in [-0.15, -0.1) is 0 Å². The lowest BCUT2D eigenvalue weighted by atomic mass is 9.48. The van der Waals surface area contributed by atoms with Gasteiger partial charge in [-0.1, -0.05) is 129 Å². The van der Waals surface area contributed by atoms with Crippen LogP contribution in [0.3, 0.4) is 0 Å². The van der Waals surface area contributed by atoms with E-state index in [1.54, 1.807) is 31.2 Å². The second-order valence-corrected chi connectivity index (χ2v) is 40.1. The van der Waals surface area contributed by atoms with Crippen LogP contribution in [-0.4, -0.2) is 223 Å². The molecule has 32 nitrogen and oxygen atoms in total. The van der Waals surface area contributed by atoms with Crippen LogP contribution in [0.25, 0.3) is 0 Å². The molecule has 12 amide bonds. The largest absolute Gasteiger partial charge is 0.379 e. The SMILES string of the molecule is C=C/C=C(\C=C/C)CC1NC(=O)C(CCCN)NC(=O)C(CC(C)C)OC(O)C(CCCN)NC(=C)C(CC)NC(=O)C(CCCN)NC(=O)C2CCCN2C(=O)C(Cc2ccccc2)NC(=O)C(CCCN)NC(=O)C(CC23CC4CC(CC(C4)C2)C3)NC(=O)C(CCCC)NC(=O)C(C23CC4CC(C2)C(C)(CC)C4C3)NC(=O)C(CCCN)NC(=O)C2CCCN2C1=O. The zero-order chi connectivity index (χ0) is 94.2. The van der Waals surface area contributed by atoms with E-state index in [9.17, 15) is 14.7 Å². The molecular formula is C98H158N18O14. The summed E-state index contributed by atoms with van der Waals surface area (Å²) in [7, 11) is 0. The predicted molar refractivity (Wildman–Crippen MR) is 499 cm³/mol. The molecule has 8 bridgehead atoms. The number of hydrogen-bond acceptors (Lipinski definition) is 20. The van der Waals surface area contributed by atoms with Gasteiger partial charge in [0.25, 0.3) is 0 Å². The maximum atomic E-state index is 16.2. The number of nitrogens with two attached hydrogens (primary N) is 5. The van der Waals surface area contributed by atoms with E-state index in [1.165, 1.54) is 9.80 Å². The number of carbonyl (C=O) groups is 12. The fraction of sp³-hybridized carbons (Fsp3) is 0.735. The Bertz CT molecular complexity index is 4070. The molecule has 1 aromatic rings. The number of rotatable bonds is 31. The van der Waals surface area contributed by atoms with Crippen molar-refractivity contribution in [2.24, 2.45) is 86.3 Å². The van der Waals surface area contributed by atoms with E-state index in [-0.39, 0.29) is 189 Å². The third-order valence-electron chi connectivity index (χ3n) is 30.2. The van der Waals surface area contributed by atoms with Gasteiger partial charge in [0.1, 0.15) is 72.6 Å². The summed E-state index contributed by atoms with van der Waals surface area (Å²) in [5, 5.41) is 46.1. The number of carbonyl (C=O) groups excluding carboxylic acids is 12. The van der Waals surface area contributed by atoms with Gasteiger partial charge in [0.05, 0.1) is 12.1 Å². The molecule has 130 heavy (non-hydrogen) atoms. The van der Waals surface area contributed by atoms with Crippen LogP contribution in [0, 0.1) is 57.7 Å². The maximum Gasteiger partial charge on any atom is 0.249 e. The number of benzene rings is 1. The van der Waals surface area contributed by atoms with Crippen molar-refractivity contribution in [3.63, 3.8) is 0 Å². The maximum absolute atomic E-state index is 16.2. The summed E-state index contributed by atoms with van der Waals surface area (Å²) in [6.45, 7) is 23.0. The van der Waals surface area contributed by atoms with Gasteiger partial charge in [-0.25, -0.2) is 0 Å². The molecule has 11 aliphatic rings. The Balaban J connectivity index is 1.03. The van der Waals surface area contributed by atoms with Crippen LogP contribution in [0.5, 0.6) is 0 Å². The van der Waals surface area contributed by atoms with E-state index >= 15 is 47.9 Å². The minimum atomic E-state index is -1.73. The highest BCUT2D eigenvalue weighted by molar-refractivity contribution is 6.00. The molecule has 1 aromatic carbocycles. The summed E-state index contributed by atoms with van der Waals surface area (Å²) in [6, 6.07) is -6.39. The van der Waals surface area contributed by atoms with E-state index in [4.69, 9.17) is 33.4 Å². The lowest BCUT2D eigenvalue weighted by Gasteiger charge is -2.57. The third-order valence-corrected chi connectivity index (χ3v) is 30.2. The molecule has 32 heteroatoms. The Labute approximate surface area is 770 Å². The monoisotopic (exact) mass is 1810 g/mol. The van der Waals surface area contributed by atoms with Gasteiger partial charge in [-0.2, -0.15) is 0 Å². The van der Waals surface area contributed by atoms with Crippen molar-refractivity contribution in [3.8, 4) is 0 Å².